The van der Waals surface area contributed by atoms with E-state index in [-0.39, 0.29) is 0 Å². The van der Waals surface area contributed by atoms with Gasteiger partial charge in [0.25, 0.3) is 6.43 Å². The van der Waals surface area contributed by atoms with Crippen LogP contribution in [0.15, 0.2) is 12.3 Å². The minimum absolute atomic E-state index is 0.687. The minimum Gasteiger partial charge on any atom is -0.254 e. The van der Waals surface area contributed by atoms with Gasteiger partial charge in [-0.25, -0.2) is 13.2 Å². The molecular formula is C7H3F3N2. The predicted molar refractivity (Wildman–Crippen MR) is 33.9 cm³/mol. The maximum absolute atomic E-state index is 12.6. The molecule has 0 saturated carbocycles. The van der Waals surface area contributed by atoms with Crippen LogP contribution in [0.4, 0.5) is 13.2 Å². The first kappa shape index (κ1) is 8.53. The molecule has 1 aromatic rings. The van der Waals surface area contributed by atoms with Crippen LogP contribution in [0.5, 0.6) is 0 Å². The van der Waals surface area contributed by atoms with E-state index in [2.05, 4.69) is 4.98 Å². The van der Waals surface area contributed by atoms with Gasteiger partial charge in [0.2, 0.25) is 0 Å². The Morgan fingerprint density at radius 3 is 2.58 bits per heavy atom. The fraction of sp³-hybridized carbons (Fsp3) is 0.143. The zero-order valence-electron chi connectivity index (χ0n) is 5.76. The van der Waals surface area contributed by atoms with Crippen LogP contribution in [-0.2, 0) is 0 Å². The number of pyridine rings is 1. The van der Waals surface area contributed by atoms with E-state index in [4.69, 9.17) is 5.26 Å². The van der Waals surface area contributed by atoms with Crippen molar-refractivity contribution in [1.82, 2.24) is 4.98 Å². The number of nitriles is 1. The summed E-state index contributed by atoms with van der Waals surface area (Å²) in [6, 6.07) is 2.19. The monoisotopic (exact) mass is 172 g/mol. The Morgan fingerprint density at radius 1 is 1.50 bits per heavy atom. The molecule has 0 amide bonds. The van der Waals surface area contributed by atoms with Crippen LogP contribution in [0.3, 0.4) is 0 Å². The van der Waals surface area contributed by atoms with Crippen molar-refractivity contribution < 1.29 is 13.2 Å². The van der Waals surface area contributed by atoms with Crippen LogP contribution in [0.2, 0.25) is 0 Å². The van der Waals surface area contributed by atoms with E-state index >= 15 is 0 Å². The second kappa shape index (κ2) is 3.22. The third kappa shape index (κ3) is 1.37. The van der Waals surface area contributed by atoms with Crippen molar-refractivity contribution in [2.45, 2.75) is 6.43 Å². The molecule has 0 aliphatic rings. The Hall–Kier alpha value is -1.57. The SMILES string of the molecule is N#Cc1c(F)ccnc1C(F)F. The number of halogens is 3. The lowest BCUT2D eigenvalue weighted by Crippen LogP contribution is -1.97. The number of aromatic nitrogens is 1. The quantitative estimate of drug-likeness (QED) is 0.649. The standard InChI is InChI=1S/C7H3F3N2/c8-5-1-2-12-6(7(9)10)4(5)3-11/h1-2,7H. The van der Waals surface area contributed by atoms with Crippen molar-refractivity contribution in [3.63, 3.8) is 0 Å². The van der Waals surface area contributed by atoms with Gasteiger partial charge in [0.15, 0.2) is 0 Å². The minimum atomic E-state index is -2.92. The second-order valence-corrected chi connectivity index (χ2v) is 1.97. The molecule has 0 spiro atoms. The molecule has 0 fully saturated rings. The molecule has 0 aliphatic heterocycles. The van der Waals surface area contributed by atoms with Crippen molar-refractivity contribution in [2.24, 2.45) is 0 Å². The van der Waals surface area contributed by atoms with Crippen LogP contribution in [-0.4, -0.2) is 4.98 Å². The Kier molecular flexibility index (Phi) is 2.29. The molecule has 5 heteroatoms. The molecule has 0 N–H and O–H groups in total. The first-order valence-electron chi connectivity index (χ1n) is 2.99. The summed E-state index contributed by atoms with van der Waals surface area (Å²) in [5, 5.41) is 8.28. The normalized spacial score (nSPS) is 9.92. The maximum Gasteiger partial charge on any atom is 0.281 e. The molecule has 0 unspecified atom stereocenters. The molecule has 0 saturated heterocycles. The topological polar surface area (TPSA) is 36.7 Å². The Bertz CT molecular complexity index is 330. The Labute approximate surface area is 66.3 Å². The number of alkyl halides is 2. The van der Waals surface area contributed by atoms with E-state index in [0.717, 1.165) is 12.3 Å². The molecule has 0 bridgehead atoms. The Morgan fingerprint density at radius 2 is 2.17 bits per heavy atom. The van der Waals surface area contributed by atoms with Crippen molar-refractivity contribution in [1.29, 1.82) is 5.26 Å². The van der Waals surface area contributed by atoms with Crippen LogP contribution in [0.1, 0.15) is 17.7 Å². The van der Waals surface area contributed by atoms with Gasteiger partial charge in [-0.3, -0.25) is 4.98 Å². The highest BCUT2D eigenvalue weighted by molar-refractivity contribution is 5.34. The van der Waals surface area contributed by atoms with Gasteiger partial charge in [0.05, 0.1) is 0 Å². The van der Waals surface area contributed by atoms with E-state index in [1.807, 2.05) is 0 Å². The molecular weight excluding hydrogens is 169 g/mol. The molecule has 0 aliphatic carbocycles. The Balaban J connectivity index is 3.30. The molecule has 0 aromatic carbocycles. The van der Waals surface area contributed by atoms with Crippen molar-refractivity contribution in [3.05, 3.63) is 29.3 Å². The zero-order chi connectivity index (χ0) is 9.14. The van der Waals surface area contributed by atoms with Crippen LogP contribution >= 0.6 is 0 Å². The summed E-state index contributed by atoms with van der Waals surface area (Å²) < 4.78 is 36.6. The molecule has 1 heterocycles. The molecule has 12 heavy (non-hydrogen) atoms. The summed E-state index contributed by atoms with van der Waals surface area (Å²) in [6.07, 6.45) is -2.02. The molecule has 1 rings (SSSR count). The highest BCUT2D eigenvalue weighted by Crippen LogP contribution is 2.21. The van der Waals surface area contributed by atoms with Crippen LogP contribution in [0.25, 0.3) is 0 Å². The van der Waals surface area contributed by atoms with E-state index in [9.17, 15) is 13.2 Å². The van der Waals surface area contributed by atoms with Crippen LogP contribution in [0, 0.1) is 17.1 Å². The van der Waals surface area contributed by atoms with Crippen molar-refractivity contribution in [3.8, 4) is 6.07 Å². The van der Waals surface area contributed by atoms with E-state index in [0.29, 0.717) is 0 Å². The summed E-state index contributed by atoms with van der Waals surface area (Å²) in [5.74, 6) is -0.970. The molecule has 0 radical (unpaired) electrons. The summed E-state index contributed by atoms with van der Waals surface area (Å²) in [5.41, 5.74) is -1.50. The summed E-state index contributed by atoms with van der Waals surface area (Å²) in [7, 11) is 0. The highest BCUT2D eigenvalue weighted by Gasteiger charge is 2.17. The fourth-order valence-corrected chi connectivity index (χ4v) is 0.729. The number of hydrogen-bond donors (Lipinski definition) is 0. The number of nitrogens with zero attached hydrogens (tertiary/aromatic N) is 2. The van der Waals surface area contributed by atoms with Crippen molar-refractivity contribution >= 4 is 0 Å². The van der Waals surface area contributed by atoms with Crippen LogP contribution < -0.4 is 0 Å². The largest absolute Gasteiger partial charge is 0.281 e. The number of hydrogen-bond acceptors (Lipinski definition) is 2. The smallest absolute Gasteiger partial charge is 0.254 e. The lowest BCUT2D eigenvalue weighted by atomic mass is 10.2. The summed E-state index contributed by atoms with van der Waals surface area (Å²) in [4.78, 5) is 3.20. The summed E-state index contributed by atoms with van der Waals surface area (Å²) >= 11 is 0. The molecule has 62 valence electrons. The van der Waals surface area contributed by atoms with Gasteiger partial charge in [-0.15, -0.1) is 0 Å². The van der Waals surface area contributed by atoms with Gasteiger partial charge >= 0.3 is 0 Å². The third-order valence-corrected chi connectivity index (χ3v) is 1.25. The second-order valence-electron chi connectivity index (χ2n) is 1.97. The highest BCUT2D eigenvalue weighted by atomic mass is 19.3. The van der Waals surface area contributed by atoms with Gasteiger partial charge in [0, 0.05) is 6.20 Å². The third-order valence-electron chi connectivity index (χ3n) is 1.25. The first-order chi connectivity index (χ1) is 5.66. The average Bonchev–Trinajstić information content (AvgIpc) is 2.03. The fourth-order valence-electron chi connectivity index (χ4n) is 0.729. The zero-order valence-corrected chi connectivity index (χ0v) is 5.76. The molecule has 0 atom stereocenters. The van der Waals surface area contributed by atoms with E-state index in [1.54, 1.807) is 0 Å². The maximum atomic E-state index is 12.6. The molecule has 1 aromatic heterocycles. The van der Waals surface area contributed by atoms with Gasteiger partial charge in [-0.1, -0.05) is 0 Å². The van der Waals surface area contributed by atoms with Gasteiger partial charge in [-0.2, -0.15) is 5.26 Å². The van der Waals surface area contributed by atoms with Gasteiger partial charge in [-0.05, 0) is 6.07 Å². The van der Waals surface area contributed by atoms with Gasteiger partial charge < -0.3 is 0 Å². The summed E-state index contributed by atoms with van der Waals surface area (Å²) in [6.45, 7) is 0. The first-order valence-corrected chi connectivity index (χ1v) is 2.99. The van der Waals surface area contributed by atoms with E-state index in [1.165, 1.54) is 6.07 Å². The van der Waals surface area contributed by atoms with Crippen molar-refractivity contribution in [2.75, 3.05) is 0 Å². The predicted octanol–water partition coefficient (Wildman–Crippen LogP) is 2.03. The average molecular weight is 172 g/mol. The lowest BCUT2D eigenvalue weighted by molar-refractivity contribution is 0.145. The number of rotatable bonds is 1. The lowest BCUT2D eigenvalue weighted by Gasteiger charge is -2.00. The van der Waals surface area contributed by atoms with Gasteiger partial charge in [0.1, 0.15) is 23.1 Å². The molecule has 2 nitrogen and oxygen atoms in total. The van der Waals surface area contributed by atoms with E-state index < -0.39 is 23.5 Å².